The van der Waals surface area contributed by atoms with Gasteiger partial charge in [0.1, 0.15) is 11.9 Å². The zero-order chi connectivity index (χ0) is 20.7. The van der Waals surface area contributed by atoms with E-state index in [0.29, 0.717) is 17.8 Å². The van der Waals surface area contributed by atoms with Gasteiger partial charge < -0.3 is 4.74 Å². The van der Waals surface area contributed by atoms with Gasteiger partial charge in [-0.1, -0.05) is 43.5 Å². The van der Waals surface area contributed by atoms with Crippen LogP contribution in [0.1, 0.15) is 44.7 Å². The number of esters is 1. The maximum atomic E-state index is 13.5. The average molecular weight is 406 g/mol. The lowest BCUT2D eigenvalue weighted by Crippen LogP contribution is -2.42. The van der Waals surface area contributed by atoms with Crippen LogP contribution in [-0.4, -0.2) is 17.1 Å². The maximum Gasteiger partial charge on any atom is 0.309 e. The van der Waals surface area contributed by atoms with E-state index in [4.69, 9.17) is 4.74 Å². The number of hydrogen-bond acceptors (Lipinski definition) is 3. The van der Waals surface area contributed by atoms with Gasteiger partial charge in [-0.25, -0.2) is 4.39 Å². The molecule has 156 valence electrons. The molecule has 3 nitrogen and oxygen atoms in total. The van der Waals surface area contributed by atoms with E-state index in [-0.39, 0.29) is 29.7 Å². The molecular formula is C26H28FNO2. The van der Waals surface area contributed by atoms with Crippen molar-refractivity contribution < 1.29 is 13.9 Å². The number of fused-ring (bicyclic) bond motifs is 2. The summed E-state index contributed by atoms with van der Waals surface area (Å²) in [5.74, 6) is 1.73. The molecule has 0 radical (unpaired) electrons. The molecule has 0 bridgehead atoms. The number of carbonyl (C=O) groups is 1. The first-order chi connectivity index (χ1) is 14.6. The van der Waals surface area contributed by atoms with Crippen molar-refractivity contribution in [2.45, 2.75) is 45.1 Å². The summed E-state index contributed by atoms with van der Waals surface area (Å²) in [6, 6.07) is 10.5. The largest absolute Gasteiger partial charge is 0.462 e. The van der Waals surface area contributed by atoms with Crippen LogP contribution >= 0.6 is 0 Å². The SMILES string of the molecule is C[C@H]1OC(=O)C2CC3CCCC[C@H]3[C@H](/C=C/c3ccc(-c4cccc(F)c4)cn3)C21. The van der Waals surface area contributed by atoms with Crippen LogP contribution in [0.4, 0.5) is 4.39 Å². The van der Waals surface area contributed by atoms with E-state index >= 15 is 0 Å². The predicted molar refractivity (Wildman–Crippen MR) is 115 cm³/mol. The van der Waals surface area contributed by atoms with Gasteiger partial charge in [-0.2, -0.15) is 0 Å². The molecule has 3 unspecified atom stereocenters. The molecule has 2 saturated carbocycles. The highest BCUT2D eigenvalue weighted by Gasteiger charge is 2.53. The summed E-state index contributed by atoms with van der Waals surface area (Å²) in [6.07, 6.45) is 12.2. The van der Waals surface area contributed by atoms with E-state index in [2.05, 4.69) is 24.1 Å². The van der Waals surface area contributed by atoms with Crippen molar-refractivity contribution in [2.24, 2.45) is 29.6 Å². The lowest BCUT2D eigenvalue weighted by atomic mass is 9.57. The molecule has 2 heterocycles. The highest BCUT2D eigenvalue weighted by molar-refractivity contribution is 5.75. The van der Waals surface area contributed by atoms with Gasteiger partial charge in [0.25, 0.3) is 0 Å². The number of cyclic esters (lactones) is 1. The second kappa shape index (κ2) is 7.98. The van der Waals surface area contributed by atoms with E-state index < -0.39 is 0 Å². The number of halogens is 1. The number of aromatic nitrogens is 1. The number of allylic oxidation sites excluding steroid dienone is 1. The topological polar surface area (TPSA) is 39.2 Å². The van der Waals surface area contributed by atoms with Crippen LogP contribution in [0.3, 0.4) is 0 Å². The fraction of sp³-hybridized carbons (Fsp3) is 0.462. The third-order valence-corrected chi connectivity index (χ3v) is 7.51. The molecule has 2 aromatic rings. The molecule has 0 N–H and O–H groups in total. The van der Waals surface area contributed by atoms with Gasteiger partial charge in [0.2, 0.25) is 0 Å². The summed E-state index contributed by atoms with van der Waals surface area (Å²) in [7, 11) is 0. The van der Waals surface area contributed by atoms with Gasteiger partial charge in [0.05, 0.1) is 11.6 Å². The van der Waals surface area contributed by atoms with Crippen molar-refractivity contribution in [3.8, 4) is 11.1 Å². The van der Waals surface area contributed by atoms with Crippen molar-refractivity contribution in [3.63, 3.8) is 0 Å². The van der Waals surface area contributed by atoms with E-state index in [1.165, 1.54) is 37.8 Å². The van der Waals surface area contributed by atoms with Crippen LogP contribution in [0.25, 0.3) is 17.2 Å². The van der Waals surface area contributed by atoms with Gasteiger partial charge in [-0.15, -0.1) is 0 Å². The van der Waals surface area contributed by atoms with E-state index in [9.17, 15) is 9.18 Å². The Morgan fingerprint density at radius 1 is 1.13 bits per heavy atom. The normalized spacial score (nSPS) is 33.2. The highest BCUT2D eigenvalue weighted by atomic mass is 19.1. The Balaban J connectivity index is 1.39. The molecule has 1 aromatic heterocycles. The number of carbonyl (C=O) groups excluding carboxylic acids is 1. The van der Waals surface area contributed by atoms with Crippen molar-refractivity contribution in [1.82, 2.24) is 4.98 Å². The third kappa shape index (κ3) is 3.57. The van der Waals surface area contributed by atoms with Gasteiger partial charge in [0.15, 0.2) is 0 Å². The Morgan fingerprint density at radius 2 is 2.00 bits per heavy atom. The number of pyridine rings is 1. The first-order valence-electron chi connectivity index (χ1n) is 11.2. The van der Waals surface area contributed by atoms with Gasteiger partial charge in [-0.05, 0) is 67.4 Å². The second-order valence-corrected chi connectivity index (χ2v) is 9.19. The minimum absolute atomic E-state index is 0.00694. The smallest absolute Gasteiger partial charge is 0.309 e. The highest BCUT2D eigenvalue weighted by Crippen LogP contribution is 2.53. The molecule has 4 heteroatoms. The monoisotopic (exact) mass is 405 g/mol. The quantitative estimate of drug-likeness (QED) is 0.597. The lowest BCUT2D eigenvalue weighted by Gasteiger charge is -2.45. The van der Waals surface area contributed by atoms with Crippen LogP contribution in [0.2, 0.25) is 0 Å². The predicted octanol–water partition coefficient (Wildman–Crippen LogP) is 5.90. The fourth-order valence-corrected chi connectivity index (χ4v) is 6.14. The molecule has 0 amide bonds. The molecule has 1 saturated heterocycles. The Bertz CT molecular complexity index is 954. The van der Waals surface area contributed by atoms with Crippen LogP contribution in [0, 0.1) is 35.4 Å². The summed E-state index contributed by atoms with van der Waals surface area (Å²) in [5, 5.41) is 0. The van der Waals surface area contributed by atoms with Gasteiger partial charge in [0, 0.05) is 17.7 Å². The van der Waals surface area contributed by atoms with E-state index in [1.807, 2.05) is 18.2 Å². The fourth-order valence-electron chi connectivity index (χ4n) is 6.14. The lowest BCUT2D eigenvalue weighted by molar-refractivity contribution is -0.144. The summed E-state index contributed by atoms with van der Waals surface area (Å²) < 4.78 is 19.1. The zero-order valence-electron chi connectivity index (χ0n) is 17.3. The summed E-state index contributed by atoms with van der Waals surface area (Å²) in [4.78, 5) is 17.0. The molecule has 3 fully saturated rings. The number of hydrogen-bond donors (Lipinski definition) is 0. The maximum absolute atomic E-state index is 13.5. The summed E-state index contributed by atoms with van der Waals surface area (Å²) in [6.45, 7) is 2.05. The summed E-state index contributed by atoms with van der Waals surface area (Å²) >= 11 is 0. The number of ether oxygens (including phenoxy) is 1. The van der Waals surface area contributed by atoms with Gasteiger partial charge >= 0.3 is 5.97 Å². The first kappa shape index (κ1) is 19.5. The molecule has 6 atom stereocenters. The average Bonchev–Trinajstić information content (AvgIpc) is 3.05. The first-order valence-corrected chi connectivity index (χ1v) is 11.2. The molecule has 30 heavy (non-hydrogen) atoms. The number of rotatable bonds is 3. The van der Waals surface area contributed by atoms with E-state index in [0.717, 1.165) is 23.2 Å². The van der Waals surface area contributed by atoms with Crippen LogP contribution in [0.15, 0.2) is 48.7 Å². The minimum Gasteiger partial charge on any atom is -0.462 e. The third-order valence-electron chi connectivity index (χ3n) is 7.51. The van der Waals surface area contributed by atoms with Crippen LogP contribution in [0.5, 0.6) is 0 Å². The van der Waals surface area contributed by atoms with Crippen molar-refractivity contribution >= 4 is 12.0 Å². The Morgan fingerprint density at radius 3 is 2.80 bits per heavy atom. The van der Waals surface area contributed by atoms with E-state index in [1.54, 1.807) is 12.3 Å². The molecular weight excluding hydrogens is 377 g/mol. The number of nitrogens with zero attached hydrogens (tertiary/aromatic N) is 1. The summed E-state index contributed by atoms with van der Waals surface area (Å²) in [5.41, 5.74) is 2.62. The Kier molecular flexibility index (Phi) is 5.18. The molecule has 1 aromatic carbocycles. The standard InChI is InChI=1S/C26H28FNO2/c1-16-25-23(22-8-3-2-5-18(22)14-24(25)26(29)30-16)12-11-21-10-9-19(15-28-21)17-6-4-7-20(27)13-17/h4,6-7,9-13,15-16,18,22-25H,2-3,5,8,14H2,1H3/b12-11+/t16-,18?,22-,23+,24?,25?/m1/s1. The van der Waals surface area contributed by atoms with Crippen LogP contribution in [-0.2, 0) is 9.53 Å². The zero-order valence-corrected chi connectivity index (χ0v) is 17.3. The molecule has 2 aliphatic carbocycles. The Labute approximate surface area is 177 Å². The van der Waals surface area contributed by atoms with Crippen molar-refractivity contribution in [2.75, 3.05) is 0 Å². The molecule has 0 spiro atoms. The Hall–Kier alpha value is -2.49. The molecule has 1 aliphatic heterocycles. The second-order valence-electron chi connectivity index (χ2n) is 9.19. The van der Waals surface area contributed by atoms with Crippen LogP contribution < -0.4 is 0 Å². The number of benzene rings is 1. The minimum atomic E-state index is -0.243. The van der Waals surface area contributed by atoms with Crippen molar-refractivity contribution in [1.29, 1.82) is 0 Å². The molecule has 5 rings (SSSR count). The van der Waals surface area contributed by atoms with Gasteiger partial charge in [-0.3, -0.25) is 9.78 Å². The van der Waals surface area contributed by atoms with Crippen molar-refractivity contribution in [3.05, 3.63) is 60.2 Å². The molecule has 3 aliphatic rings.